The highest BCUT2D eigenvalue weighted by molar-refractivity contribution is 6.08. The number of hydrogen-bond donors (Lipinski definition) is 0. The molecule has 312 valence electrons. The SMILES string of the molecule is CCC(CC(C)c1ccc2c(c1)c1ncccc1n2-c1ccc(-c2cccc(-n3c4ccccc4c4ncccc43)c2)cc1)c1ccc(-c2nccn2-c2c(C)cc(C)cc2C)cc1. The Morgan fingerprint density at radius 2 is 1.14 bits per heavy atom. The van der Waals surface area contributed by atoms with E-state index < -0.39 is 0 Å². The number of benzene rings is 6. The molecule has 6 aromatic carbocycles. The number of aryl methyl sites for hydroxylation is 3. The van der Waals surface area contributed by atoms with E-state index in [4.69, 9.17) is 15.0 Å². The molecular weight excluding hydrogens is 781 g/mol. The van der Waals surface area contributed by atoms with E-state index in [-0.39, 0.29) is 0 Å². The van der Waals surface area contributed by atoms with Crippen LogP contribution < -0.4 is 0 Å². The van der Waals surface area contributed by atoms with Gasteiger partial charge >= 0.3 is 0 Å². The van der Waals surface area contributed by atoms with Gasteiger partial charge in [0.05, 0.1) is 38.8 Å². The highest BCUT2D eigenvalue weighted by Gasteiger charge is 2.20. The third-order valence-electron chi connectivity index (χ3n) is 13.4. The standard InChI is InChI=1S/C58H50N6/c1-6-41(42-18-20-44(21-19-42)58-61-30-31-62(58)57-39(4)32-37(2)33-40(57)5)34-38(3)45-24-27-52-50(36-45)56-54(17-11-29-60-56)63(52)47-25-22-43(23-26-47)46-12-9-13-48(35-46)64-51-15-8-7-14-49(51)55-53(64)16-10-28-59-55/h7-33,35-36,38,41H,6,34H2,1-5H3. The minimum Gasteiger partial charge on any atom is -0.308 e. The van der Waals surface area contributed by atoms with Crippen LogP contribution in [0, 0.1) is 20.8 Å². The Hall–Kier alpha value is -7.57. The topological polar surface area (TPSA) is 53.5 Å². The average molecular weight is 831 g/mol. The summed E-state index contributed by atoms with van der Waals surface area (Å²) in [6.45, 7) is 11.2. The Morgan fingerprint density at radius 1 is 0.500 bits per heavy atom. The number of aromatic nitrogens is 6. The molecule has 6 nitrogen and oxygen atoms in total. The highest BCUT2D eigenvalue weighted by Crippen LogP contribution is 2.38. The predicted molar refractivity (Wildman–Crippen MR) is 265 cm³/mol. The second-order valence-corrected chi connectivity index (χ2v) is 17.5. The lowest BCUT2D eigenvalue weighted by Gasteiger charge is -2.21. The average Bonchev–Trinajstić information content (AvgIpc) is 4.03. The van der Waals surface area contributed by atoms with Crippen molar-refractivity contribution in [2.45, 2.75) is 59.3 Å². The molecule has 0 aliphatic carbocycles. The first-order valence-electron chi connectivity index (χ1n) is 22.5. The number of nitrogens with zero attached hydrogens (tertiary/aromatic N) is 6. The van der Waals surface area contributed by atoms with E-state index in [9.17, 15) is 0 Å². The molecular formula is C58H50N6. The van der Waals surface area contributed by atoms with E-state index in [1.165, 1.54) is 44.5 Å². The van der Waals surface area contributed by atoms with Gasteiger partial charge in [-0.1, -0.05) is 104 Å². The second kappa shape index (κ2) is 16.0. The van der Waals surface area contributed by atoms with Crippen molar-refractivity contribution in [3.8, 4) is 39.6 Å². The smallest absolute Gasteiger partial charge is 0.144 e. The molecule has 0 aliphatic heterocycles. The number of para-hydroxylation sites is 1. The molecule has 11 aromatic rings. The molecule has 0 N–H and O–H groups in total. The predicted octanol–water partition coefficient (Wildman–Crippen LogP) is 14.8. The van der Waals surface area contributed by atoms with E-state index in [0.29, 0.717) is 11.8 Å². The highest BCUT2D eigenvalue weighted by atomic mass is 15.1. The summed E-state index contributed by atoms with van der Waals surface area (Å²) in [6, 6.07) is 55.3. The summed E-state index contributed by atoms with van der Waals surface area (Å²) in [4.78, 5) is 14.5. The van der Waals surface area contributed by atoms with E-state index >= 15 is 0 Å². The van der Waals surface area contributed by atoms with E-state index in [0.717, 1.165) is 79.7 Å². The summed E-state index contributed by atoms with van der Waals surface area (Å²) in [5, 5.41) is 2.34. The minimum absolute atomic E-state index is 0.358. The van der Waals surface area contributed by atoms with E-state index in [2.05, 4.69) is 194 Å². The van der Waals surface area contributed by atoms with Gasteiger partial charge < -0.3 is 9.13 Å². The zero-order valence-corrected chi connectivity index (χ0v) is 37.0. The Bertz CT molecular complexity index is 3440. The lowest BCUT2D eigenvalue weighted by Crippen LogP contribution is -2.05. The molecule has 0 spiro atoms. The molecule has 5 heterocycles. The zero-order chi connectivity index (χ0) is 43.5. The van der Waals surface area contributed by atoms with Gasteiger partial charge in [-0.15, -0.1) is 0 Å². The zero-order valence-electron chi connectivity index (χ0n) is 37.0. The van der Waals surface area contributed by atoms with Crippen molar-refractivity contribution in [1.82, 2.24) is 28.7 Å². The quantitative estimate of drug-likeness (QED) is 0.138. The molecule has 2 unspecified atom stereocenters. The summed E-state index contributed by atoms with van der Waals surface area (Å²) in [7, 11) is 0. The van der Waals surface area contributed by atoms with Gasteiger partial charge in [0.25, 0.3) is 0 Å². The third-order valence-corrected chi connectivity index (χ3v) is 13.4. The molecule has 0 amide bonds. The van der Waals surface area contributed by atoms with Gasteiger partial charge in [0.1, 0.15) is 5.82 Å². The first-order chi connectivity index (χ1) is 31.3. The normalized spacial score (nSPS) is 12.8. The summed E-state index contributed by atoms with van der Waals surface area (Å²) >= 11 is 0. The minimum atomic E-state index is 0.358. The van der Waals surface area contributed by atoms with Gasteiger partial charge in [0.2, 0.25) is 0 Å². The van der Waals surface area contributed by atoms with Crippen molar-refractivity contribution in [3.63, 3.8) is 0 Å². The number of imidazole rings is 1. The third kappa shape index (κ3) is 6.69. The van der Waals surface area contributed by atoms with Gasteiger partial charge in [0.15, 0.2) is 0 Å². The number of rotatable bonds is 10. The Kier molecular flexibility index (Phi) is 9.80. The Morgan fingerprint density at radius 3 is 1.88 bits per heavy atom. The summed E-state index contributed by atoms with van der Waals surface area (Å²) in [5.41, 5.74) is 20.0. The van der Waals surface area contributed by atoms with Crippen LogP contribution in [0.25, 0.3) is 83.4 Å². The van der Waals surface area contributed by atoms with Crippen LogP contribution in [0.2, 0.25) is 0 Å². The fraction of sp³-hybridized carbons (Fsp3) is 0.155. The molecule has 5 aromatic heterocycles. The first kappa shape index (κ1) is 39.3. The lowest BCUT2D eigenvalue weighted by molar-refractivity contribution is 0.545. The summed E-state index contributed by atoms with van der Waals surface area (Å²) in [6.07, 6.45) is 9.90. The summed E-state index contributed by atoms with van der Waals surface area (Å²) < 4.78 is 6.92. The van der Waals surface area contributed by atoms with Crippen molar-refractivity contribution in [1.29, 1.82) is 0 Å². The van der Waals surface area contributed by atoms with Gasteiger partial charge in [-0.05, 0) is 146 Å². The van der Waals surface area contributed by atoms with Crippen molar-refractivity contribution >= 4 is 43.9 Å². The lowest BCUT2D eigenvalue weighted by atomic mass is 9.84. The summed E-state index contributed by atoms with van der Waals surface area (Å²) in [5.74, 6) is 1.76. The molecule has 64 heavy (non-hydrogen) atoms. The van der Waals surface area contributed by atoms with Crippen molar-refractivity contribution in [2.75, 3.05) is 0 Å². The van der Waals surface area contributed by atoms with Crippen molar-refractivity contribution in [2.24, 2.45) is 0 Å². The molecule has 11 rings (SSSR count). The molecule has 0 aliphatic rings. The number of fused-ring (bicyclic) bond motifs is 6. The van der Waals surface area contributed by atoms with Crippen LogP contribution >= 0.6 is 0 Å². The first-order valence-corrected chi connectivity index (χ1v) is 22.5. The molecule has 0 bridgehead atoms. The van der Waals surface area contributed by atoms with Gasteiger partial charge in [-0.2, -0.15) is 0 Å². The molecule has 0 fully saturated rings. The van der Waals surface area contributed by atoms with Crippen LogP contribution in [0.4, 0.5) is 0 Å². The van der Waals surface area contributed by atoms with Crippen LogP contribution in [0.5, 0.6) is 0 Å². The fourth-order valence-corrected chi connectivity index (χ4v) is 10.4. The van der Waals surface area contributed by atoms with Crippen LogP contribution in [0.15, 0.2) is 176 Å². The molecule has 6 heteroatoms. The van der Waals surface area contributed by atoms with Crippen LogP contribution in [0.1, 0.15) is 66.3 Å². The van der Waals surface area contributed by atoms with Gasteiger partial charge in [-0.25, -0.2) is 4.98 Å². The number of hydrogen-bond acceptors (Lipinski definition) is 3. The maximum atomic E-state index is 4.96. The largest absolute Gasteiger partial charge is 0.308 e. The maximum absolute atomic E-state index is 4.96. The Balaban J connectivity index is 0.863. The van der Waals surface area contributed by atoms with E-state index in [1.807, 2.05) is 30.7 Å². The van der Waals surface area contributed by atoms with Gasteiger partial charge in [0, 0.05) is 52.5 Å². The van der Waals surface area contributed by atoms with Gasteiger partial charge in [-0.3, -0.25) is 14.5 Å². The maximum Gasteiger partial charge on any atom is 0.144 e. The monoisotopic (exact) mass is 830 g/mol. The second-order valence-electron chi connectivity index (χ2n) is 17.5. The van der Waals surface area contributed by atoms with Crippen LogP contribution in [-0.2, 0) is 0 Å². The number of pyridine rings is 2. The van der Waals surface area contributed by atoms with Crippen LogP contribution in [-0.4, -0.2) is 28.7 Å². The molecule has 2 atom stereocenters. The molecule has 0 radical (unpaired) electrons. The van der Waals surface area contributed by atoms with Crippen molar-refractivity contribution in [3.05, 3.63) is 204 Å². The van der Waals surface area contributed by atoms with E-state index in [1.54, 1.807) is 0 Å². The Labute approximate surface area is 374 Å². The molecule has 0 saturated heterocycles. The van der Waals surface area contributed by atoms with Crippen molar-refractivity contribution < 1.29 is 0 Å². The molecule has 0 saturated carbocycles. The fourth-order valence-electron chi connectivity index (χ4n) is 10.4. The van der Waals surface area contributed by atoms with Crippen LogP contribution in [0.3, 0.4) is 0 Å².